The van der Waals surface area contributed by atoms with Gasteiger partial charge < -0.3 is 5.73 Å². The van der Waals surface area contributed by atoms with E-state index in [-0.39, 0.29) is 17.2 Å². The minimum atomic E-state index is -0.382. The zero-order valence-electron chi connectivity index (χ0n) is 9.31. The van der Waals surface area contributed by atoms with Gasteiger partial charge >= 0.3 is 0 Å². The molecule has 0 aliphatic rings. The predicted octanol–water partition coefficient (Wildman–Crippen LogP) is 1.52. The Labute approximate surface area is 111 Å². The molecule has 1 aromatic heterocycles. The van der Waals surface area contributed by atoms with Crippen LogP contribution >= 0.6 is 15.9 Å². The van der Waals surface area contributed by atoms with Gasteiger partial charge in [0.1, 0.15) is 5.69 Å². The number of hydrogen-bond donors (Lipinski definition) is 2. The Morgan fingerprint density at radius 1 is 1.33 bits per heavy atom. The van der Waals surface area contributed by atoms with Gasteiger partial charge in [-0.1, -0.05) is 28.1 Å². The first-order valence-electron chi connectivity index (χ1n) is 5.18. The number of anilines is 1. The number of hydrogen-bond acceptors (Lipinski definition) is 4. The standard InChI is InChI=1S/C12H10BrN3O2/c13-8-3-1-7(2-4-8)5-9-10(6-17)15-12(14)16-11(9)18/h1-4,6H,5H2,(H3,14,15,16,18). The molecular formula is C12H10BrN3O2. The highest BCUT2D eigenvalue weighted by molar-refractivity contribution is 9.10. The van der Waals surface area contributed by atoms with E-state index in [0.717, 1.165) is 10.0 Å². The van der Waals surface area contributed by atoms with Crippen LogP contribution in [0.25, 0.3) is 0 Å². The first-order valence-corrected chi connectivity index (χ1v) is 5.97. The third-order valence-electron chi connectivity index (χ3n) is 2.47. The third-order valence-corrected chi connectivity index (χ3v) is 3.00. The van der Waals surface area contributed by atoms with Gasteiger partial charge in [-0.25, -0.2) is 4.98 Å². The Kier molecular flexibility index (Phi) is 3.57. The van der Waals surface area contributed by atoms with E-state index in [1.807, 2.05) is 24.3 Å². The minimum Gasteiger partial charge on any atom is -0.369 e. The molecule has 0 radical (unpaired) electrons. The number of nitrogens with two attached hydrogens (primary N) is 1. The summed E-state index contributed by atoms with van der Waals surface area (Å²) in [5, 5.41) is 0. The number of aldehydes is 1. The van der Waals surface area contributed by atoms with E-state index < -0.39 is 0 Å². The molecule has 2 rings (SSSR count). The van der Waals surface area contributed by atoms with Gasteiger partial charge in [-0.15, -0.1) is 0 Å². The number of nitrogen functional groups attached to an aromatic ring is 1. The van der Waals surface area contributed by atoms with Crippen LogP contribution in [0.5, 0.6) is 0 Å². The van der Waals surface area contributed by atoms with Crippen LogP contribution in [0, 0.1) is 0 Å². The highest BCUT2D eigenvalue weighted by Crippen LogP contribution is 2.13. The van der Waals surface area contributed by atoms with Gasteiger partial charge in [-0.2, -0.15) is 0 Å². The van der Waals surface area contributed by atoms with Crippen molar-refractivity contribution in [1.29, 1.82) is 0 Å². The molecular weight excluding hydrogens is 298 g/mol. The quantitative estimate of drug-likeness (QED) is 0.841. The van der Waals surface area contributed by atoms with Crippen LogP contribution in [0.2, 0.25) is 0 Å². The Morgan fingerprint density at radius 3 is 2.61 bits per heavy atom. The van der Waals surface area contributed by atoms with Crippen LogP contribution in [-0.2, 0) is 6.42 Å². The minimum absolute atomic E-state index is 0.0540. The molecule has 0 fully saturated rings. The Bertz CT molecular complexity index is 635. The van der Waals surface area contributed by atoms with Crippen molar-refractivity contribution in [2.24, 2.45) is 0 Å². The summed E-state index contributed by atoms with van der Waals surface area (Å²) in [5.74, 6) is -0.0540. The van der Waals surface area contributed by atoms with Crippen molar-refractivity contribution in [3.05, 3.63) is 55.9 Å². The van der Waals surface area contributed by atoms with Crippen LogP contribution in [0.15, 0.2) is 33.5 Å². The van der Waals surface area contributed by atoms with Crippen molar-refractivity contribution in [2.75, 3.05) is 5.73 Å². The molecule has 0 atom stereocenters. The van der Waals surface area contributed by atoms with Gasteiger partial charge in [-0.05, 0) is 17.7 Å². The topological polar surface area (TPSA) is 88.8 Å². The first-order chi connectivity index (χ1) is 8.60. The van der Waals surface area contributed by atoms with Crippen LogP contribution in [-0.4, -0.2) is 16.3 Å². The van der Waals surface area contributed by atoms with Crippen molar-refractivity contribution in [3.8, 4) is 0 Å². The van der Waals surface area contributed by atoms with Crippen molar-refractivity contribution in [3.63, 3.8) is 0 Å². The SMILES string of the molecule is Nc1nc(C=O)c(Cc2ccc(Br)cc2)c(=O)[nH]1. The second-order valence-electron chi connectivity index (χ2n) is 3.74. The van der Waals surface area contributed by atoms with Gasteiger partial charge in [0.15, 0.2) is 6.29 Å². The number of nitrogens with zero attached hydrogens (tertiary/aromatic N) is 1. The van der Waals surface area contributed by atoms with Gasteiger partial charge in [-0.3, -0.25) is 14.6 Å². The summed E-state index contributed by atoms with van der Waals surface area (Å²) in [6.45, 7) is 0. The second kappa shape index (κ2) is 5.14. The number of aromatic amines is 1. The molecule has 0 saturated carbocycles. The Morgan fingerprint density at radius 2 is 2.00 bits per heavy atom. The van der Waals surface area contributed by atoms with Crippen molar-refractivity contribution in [2.45, 2.75) is 6.42 Å². The molecule has 2 aromatic rings. The number of rotatable bonds is 3. The molecule has 0 saturated heterocycles. The number of carbonyl (C=O) groups excluding carboxylic acids is 1. The largest absolute Gasteiger partial charge is 0.369 e. The van der Waals surface area contributed by atoms with E-state index in [1.165, 1.54) is 0 Å². The van der Waals surface area contributed by atoms with E-state index in [1.54, 1.807) is 0 Å². The fraction of sp³-hybridized carbons (Fsp3) is 0.0833. The molecule has 18 heavy (non-hydrogen) atoms. The van der Waals surface area contributed by atoms with Gasteiger partial charge in [0.25, 0.3) is 5.56 Å². The molecule has 0 bridgehead atoms. The fourth-order valence-electron chi connectivity index (χ4n) is 1.61. The predicted molar refractivity (Wildman–Crippen MR) is 71.6 cm³/mol. The van der Waals surface area contributed by atoms with Crippen LogP contribution in [0.1, 0.15) is 21.6 Å². The van der Waals surface area contributed by atoms with E-state index in [2.05, 4.69) is 25.9 Å². The molecule has 3 N–H and O–H groups in total. The lowest BCUT2D eigenvalue weighted by molar-refractivity contribution is 0.111. The molecule has 1 heterocycles. The summed E-state index contributed by atoms with van der Waals surface area (Å²) >= 11 is 3.33. The Balaban J connectivity index is 2.42. The number of carbonyl (C=O) groups is 1. The van der Waals surface area contributed by atoms with Crippen LogP contribution < -0.4 is 11.3 Å². The molecule has 0 amide bonds. The van der Waals surface area contributed by atoms with Crippen LogP contribution in [0.3, 0.4) is 0 Å². The van der Waals surface area contributed by atoms with E-state index in [0.29, 0.717) is 18.3 Å². The lowest BCUT2D eigenvalue weighted by atomic mass is 10.1. The van der Waals surface area contributed by atoms with Gasteiger partial charge in [0, 0.05) is 10.9 Å². The zero-order valence-corrected chi connectivity index (χ0v) is 10.9. The molecule has 0 spiro atoms. The van der Waals surface area contributed by atoms with Gasteiger partial charge in [0.2, 0.25) is 5.95 Å². The molecule has 0 unspecified atom stereocenters. The van der Waals surface area contributed by atoms with Crippen molar-refractivity contribution >= 4 is 28.2 Å². The molecule has 1 aromatic carbocycles. The summed E-state index contributed by atoms with van der Waals surface area (Å²) in [7, 11) is 0. The fourth-order valence-corrected chi connectivity index (χ4v) is 1.87. The lowest BCUT2D eigenvalue weighted by Crippen LogP contribution is -2.20. The first kappa shape index (κ1) is 12.5. The van der Waals surface area contributed by atoms with Gasteiger partial charge in [0.05, 0.1) is 5.56 Å². The maximum absolute atomic E-state index is 11.7. The average molecular weight is 308 g/mol. The number of benzene rings is 1. The summed E-state index contributed by atoms with van der Waals surface area (Å²) in [5.41, 5.74) is 6.32. The molecule has 0 aliphatic carbocycles. The summed E-state index contributed by atoms with van der Waals surface area (Å²) in [6, 6.07) is 7.48. The number of halogens is 1. The van der Waals surface area contributed by atoms with Crippen molar-refractivity contribution < 1.29 is 4.79 Å². The second-order valence-corrected chi connectivity index (χ2v) is 4.65. The average Bonchev–Trinajstić information content (AvgIpc) is 2.34. The summed E-state index contributed by atoms with van der Waals surface area (Å²) in [6.07, 6.45) is 0.879. The highest BCUT2D eigenvalue weighted by atomic mass is 79.9. The number of H-pyrrole nitrogens is 1. The normalized spacial score (nSPS) is 10.3. The monoisotopic (exact) mass is 307 g/mol. The summed E-state index contributed by atoms with van der Waals surface area (Å²) in [4.78, 5) is 28.8. The van der Waals surface area contributed by atoms with E-state index >= 15 is 0 Å². The third kappa shape index (κ3) is 2.65. The molecule has 5 nitrogen and oxygen atoms in total. The Hall–Kier alpha value is -1.95. The maximum Gasteiger partial charge on any atom is 0.256 e. The number of nitrogens with one attached hydrogen (secondary N) is 1. The number of aromatic nitrogens is 2. The lowest BCUT2D eigenvalue weighted by Gasteiger charge is -2.04. The molecule has 6 heteroatoms. The van der Waals surface area contributed by atoms with E-state index in [4.69, 9.17) is 5.73 Å². The zero-order chi connectivity index (χ0) is 13.1. The smallest absolute Gasteiger partial charge is 0.256 e. The summed E-state index contributed by atoms with van der Waals surface area (Å²) < 4.78 is 0.950. The molecule has 92 valence electrons. The van der Waals surface area contributed by atoms with Crippen molar-refractivity contribution in [1.82, 2.24) is 9.97 Å². The maximum atomic E-state index is 11.7. The van der Waals surface area contributed by atoms with E-state index in [9.17, 15) is 9.59 Å². The van der Waals surface area contributed by atoms with Crippen LogP contribution in [0.4, 0.5) is 5.95 Å². The molecule has 0 aliphatic heterocycles. The highest BCUT2D eigenvalue weighted by Gasteiger charge is 2.10.